The maximum atomic E-state index is 13.0. The molecule has 11 heteroatoms. The third kappa shape index (κ3) is 3.43. The summed E-state index contributed by atoms with van der Waals surface area (Å²) in [5.74, 6) is -1.38. The van der Waals surface area contributed by atoms with E-state index < -0.39 is 47.4 Å². The Morgan fingerprint density at radius 3 is 2.28 bits per heavy atom. The summed E-state index contributed by atoms with van der Waals surface area (Å²) in [5, 5.41) is 5.86. The van der Waals surface area contributed by atoms with Gasteiger partial charge in [-0.05, 0) is 37.5 Å². The Labute approximate surface area is 184 Å². The predicted octanol–water partition coefficient (Wildman–Crippen LogP) is 0.748. The van der Waals surface area contributed by atoms with E-state index in [-0.39, 0.29) is 0 Å². The van der Waals surface area contributed by atoms with Gasteiger partial charge in [0.15, 0.2) is 0 Å². The Balaban J connectivity index is 1.44. The Morgan fingerprint density at radius 1 is 1.00 bits per heavy atom. The number of hydrogen-bond acceptors (Lipinski definition) is 6. The number of rotatable bonds is 5. The van der Waals surface area contributed by atoms with Crippen LogP contribution in [0, 0.1) is 0 Å². The highest BCUT2D eigenvalue weighted by atomic mass is 16.5. The first-order chi connectivity index (χ1) is 15.2. The lowest BCUT2D eigenvalue weighted by molar-refractivity contribution is -0.141. The maximum Gasteiger partial charge on any atom is 0.344 e. The van der Waals surface area contributed by atoms with Crippen LogP contribution >= 0.6 is 0 Å². The van der Waals surface area contributed by atoms with Crippen molar-refractivity contribution in [1.29, 1.82) is 0 Å². The van der Waals surface area contributed by atoms with Crippen molar-refractivity contribution >= 4 is 29.8 Å². The fourth-order valence-corrected chi connectivity index (χ4v) is 4.48. The second-order valence-electron chi connectivity index (χ2n) is 8.42. The molecule has 1 atom stereocenters. The summed E-state index contributed by atoms with van der Waals surface area (Å²) in [6.07, 6.45) is 3.69. The molecule has 7 amide bonds. The fourth-order valence-electron chi connectivity index (χ4n) is 4.48. The number of hydrogen-bond donors (Lipinski definition) is 3. The maximum absolute atomic E-state index is 13.0. The zero-order chi connectivity index (χ0) is 23.1. The summed E-state index contributed by atoms with van der Waals surface area (Å²) in [6.45, 7) is 0.925. The van der Waals surface area contributed by atoms with E-state index in [9.17, 15) is 24.0 Å². The van der Waals surface area contributed by atoms with Crippen molar-refractivity contribution < 1.29 is 28.7 Å². The van der Waals surface area contributed by atoms with E-state index in [0.29, 0.717) is 29.2 Å². The molecule has 3 fully saturated rings. The number of amides is 7. The quantitative estimate of drug-likeness (QED) is 0.575. The van der Waals surface area contributed by atoms with Crippen LogP contribution in [0.2, 0.25) is 0 Å². The van der Waals surface area contributed by atoms with Gasteiger partial charge >= 0.3 is 12.1 Å². The first kappa shape index (κ1) is 21.6. The van der Waals surface area contributed by atoms with Gasteiger partial charge in [0, 0.05) is 0 Å². The highest BCUT2D eigenvalue weighted by Crippen LogP contribution is 2.33. The van der Waals surface area contributed by atoms with Crippen molar-refractivity contribution in [2.75, 3.05) is 13.7 Å². The van der Waals surface area contributed by atoms with Gasteiger partial charge < -0.3 is 15.4 Å². The molecule has 2 heterocycles. The number of methoxy groups -OCH3 is 1. The summed E-state index contributed by atoms with van der Waals surface area (Å²) in [6, 6.07) is 5.12. The van der Waals surface area contributed by atoms with E-state index in [1.165, 1.54) is 14.0 Å². The minimum absolute atomic E-state index is 0.447. The molecule has 3 aliphatic rings. The number of imide groups is 2. The lowest BCUT2D eigenvalue weighted by Crippen LogP contribution is -2.52. The van der Waals surface area contributed by atoms with Crippen LogP contribution in [0.25, 0.3) is 0 Å². The molecule has 1 saturated carbocycles. The van der Waals surface area contributed by atoms with E-state index in [1.807, 2.05) is 0 Å². The van der Waals surface area contributed by atoms with Crippen molar-refractivity contribution in [3.05, 3.63) is 29.8 Å². The number of benzene rings is 1. The SMILES string of the molecule is COc1ccc([C@]2(C)NC(=O)N(NC(=O)CN3C(=O)NC4(CCCCC4)C3=O)C2=O)cc1. The van der Waals surface area contributed by atoms with Crippen LogP contribution in [-0.2, 0) is 19.9 Å². The van der Waals surface area contributed by atoms with E-state index in [0.717, 1.165) is 24.2 Å². The molecule has 11 nitrogen and oxygen atoms in total. The summed E-state index contributed by atoms with van der Waals surface area (Å²) >= 11 is 0. The lowest BCUT2D eigenvalue weighted by Gasteiger charge is -2.30. The summed E-state index contributed by atoms with van der Waals surface area (Å²) in [7, 11) is 1.51. The predicted molar refractivity (Wildman–Crippen MR) is 110 cm³/mol. The van der Waals surface area contributed by atoms with E-state index in [1.54, 1.807) is 24.3 Å². The molecule has 1 aromatic rings. The third-order valence-corrected chi connectivity index (χ3v) is 6.35. The molecule has 170 valence electrons. The lowest BCUT2D eigenvalue weighted by atomic mass is 9.82. The minimum atomic E-state index is -1.40. The molecule has 0 bridgehead atoms. The summed E-state index contributed by atoms with van der Waals surface area (Å²) < 4.78 is 5.10. The number of carbonyl (C=O) groups is 5. The second kappa shape index (κ2) is 7.81. The van der Waals surface area contributed by atoms with Gasteiger partial charge in [0.05, 0.1) is 7.11 Å². The smallest absolute Gasteiger partial charge is 0.344 e. The standard InChI is InChI=1S/C21H25N5O6/c1-20(13-6-8-14(32-2)9-7-13)16(28)26(19(31)22-20)24-15(27)12-25-17(29)21(23-18(25)30)10-4-3-5-11-21/h6-9H,3-5,10-12H2,1-2H3,(H,22,31)(H,23,30)(H,24,27)/t20-/m0/s1. The molecule has 2 saturated heterocycles. The normalized spacial score (nSPS) is 24.6. The Hall–Kier alpha value is -3.63. The van der Waals surface area contributed by atoms with Crippen LogP contribution in [0.4, 0.5) is 9.59 Å². The molecule has 1 spiro atoms. The van der Waals surface area contributed by atoms with Gasteiger partial charge in [0.2, 0.25) is 0 Å². The van der Waals surface area contributed by atoms with Crippen LogP contribution in [0.5, 0.6) is 5.75 Å². The van der Waals surface area contributed by atoms with Crippen LogP contribution in [0.15, 0.2) is 24.3 Å². The molecule has 4 rings (SSSR count). The average Bonchev–Trinajstić information content (AvgIpc) is 3.14. The molecule has 3 N–H and O–H groups in total. The highest BCUT2D eigenvalue weighted by Gasteiger charge is 2.53. The molecule has 0 aromatic heterocycles. The number of hydrazine groups is 1. The minimum Gasteiger partial charge on any atom is -0.497 e. The van der Waals surface area contributed by atoms with Gasteiger partial charge in [-0.2, -0.15) is 5.01 Å². The van der Waals surface area contributed by atoms with Crippen molar-refractivity contribution in [1.82, 2.24) is 26.0 Å². The van der Waals surface area contributed by atoms with Crippen molar-refractivity contribution in [3.63, 3.8) is 0 Å². The topological polar surface area (TPSA) is 137 Å². The molecule has 0 radical (unpaired) electrons. The molecular weight excluding hydrogens is 418 g/mol. The van der Waals surface area contributed by atoms with Crippen LogP contribution < -0.4 is 20.8 Å². The number of nitrogens with one attached hydrogen (secondary N) is 3. The Bertz CT molecular complexity index is 987. The largest absolute Gasteiger partial charge is 0.497 e. The molecule has 1 aliphatic carbocycles. The van der Waals surface area contributed by atoms with Crippen molar-refractivity contribution in [2.45, 2.75) is 50.1 Å². The zero-order valence-electron chi connectivity index (χ0n) is 17.9. The van der Waals surface area contributed by atoms with Crippen LogP contribution in [0.3, 0.4) is 0 Å². The second-order valence-corrected chi connectivity index (χ2v) is 8.42. The number of ether oxygens (including phenoxy) is 1. The number of nitrogens with zero attached hydrogens (tertiary/aromatic N) is 2. The molecule has 1 aromatic carbocycles. The number of urea groups is 2. The molecule has 0 unspecified atom stereocenters. The van der Waals surface area contributed by atoms with E-state index >= 15 is 0 Å². The van der Waals surface area contributed by atoms with Crippen LogP contribution in [-0.4, -0.2) is 58.9 Å². The van der Waals surface area contributed by atoms with Gasteiger partial charge in [-0.1, -0.05) is 31.4 Å². The Kier molecular flexibility index (Phi) is 5.27. The molecule has 2 aliphatic heterocycles. The van der Waals surface area contributed by atoms with Gasteiger partial charge in [-0.25, -0.2) is 9.59 Å². The summed E-state index contributed by atoms with van der Waals surface area (Å²) in [5.41, 5.74) is 0.367. The van der Waals surface area contributed by atoms with Gasteiger partial charge in [-0.3, -0.25) is 24.7 Å². The fraction of sp³-hybridized carbons (Fsp3) is 0.476. The van der Waals surface area contributed by atoms with Gasteiger partial charge in [0.25, 0.3) is 17.7 Å². The van der Waals surface area contributed by atoms with E-state index in [2.05, 4.69) is 16.1 Å². The first-order valence-corrected chi connectivity index (χ1v) is 10.4. The van der Waals surface area contributed by atoms with Gasteiger partial charge in [-0.15, -0.1) is 0 Å². The van der Waals surface area contributed by atoms with Crippen molar-refractivity contribution in [3.8, 4) is 5.75 Å². The summed E-state index contributed by atoms with van der Waals surface area (Å²) in [4.78, 5) is 64.0. The average molecular weight is 443 g/mol. The van der Waals surface area contributed by atoms with Crippen LogP contribution in [0.1, 0.15) is 44.6 Å². The number of carbonyl (C=O) groups excluding carboxylic acids is 5. The van der Waals surface area contributed by atoms with Gasteiger partial charge in [0.1, 0.15) is 23.4 Å². The monoisotopic (exact) mass is 443 g/mol. The van der Waals surface area contributed by atoms with E-state index in [4.69, 9.17) is 4.74 Å². The molecular formula is C21H25N5O6. The molecule has 32 heavy (non-hydrogen) atoms. The zero-order valence-corrected chi connectivity index (χ0v) is 17.9. The van der Waals surface area contributed by atoms with Crippen molar-refractivity contribution in [2.24, 2.45) is 0 Å². The highest BCUT2D eigenvalue weighted by molar-refractivity contribution is 6.10. The third-order valence-electron chi connectivity index (χ3n) is 6.35. The first-order valence-electron chi connectivity index (χ1n) is 10.4. The Morgan fingerprint density at radius 2 is 1.66 bits per heavy atom.